The Morgan fingerprint density at radius 1 is 1.26 bits per heavy atom. The Morgan fingerprint density at radius 3 is 2.68 bits per heavy atom. The van der Waals surface area contributed by atoms with E-state index < -0.39 is 4.92 Å². The average Bonchev–Trinajstić information content (AvgIpc) is 2.36. The van der Waals surface area contributed by atoms with Crippen molar-refractivity contribution in [3.05, 3.63) is 62.4 Å². The molecule has 2 rings (SSSR count). The van der Waals surface area contributed by atoms with E-state index in [2.05, 4.69) is 4.98 Å². The molecular formula is C12H8Cl2N2O3. The second-order valence-corrected chi connectivity index (χ2v) is 4.41. The van der Waals surface area contributed by atoms with Crippen molar-refractivity contribution in [3.8, 4) is 5.75 Å². The van der Waals surface area contributed by atoms with Gasteiger partial charge in [0.2, 0.25) is 0 Å². The van der Waals surface area contributed by atoms with Crippen molar-refractivity contribution >= 4 is 28.9 Å². The van der Waals surface area contributed by atoms with E-state index in [9.17, 15) is 10.1 Å². The summed E-state index contributed by atoms with van der Waals surface area (Å²) in [4.78, 5) is 14.1. The predicted molar refractivity (Wildman–Crippen MR) is 71.7 cm³/mol. The van der Waals surface area contributed by atoms with Crippen LogP contribution in [0, 0.1) is 10.1 Å². The molecule has 7 heteroatoms. The lowest BCUT2D eigenvalue weighted by atomic mass is 10.3. The summed E-state index contributed by atoms with van der Waals surface area (Å²) >= 11 is 11.5. The number of hydrogen-bond acceptors (Lipinski definition) is 4. The van der Waals surface area contributed by atoms with Crippen LogP contribution in [0.4, 0.5) is 5.69 Å². The van der Waals surface area contributed by atoms with Gasteiger partial charge in [-0.1, -0.05) is 29.3 Å². The minimum absolute atomic E-state index is 0.0292. The predicted octanol–water partition coefficient (Wildman–Crippen LogP) is 3.88. The molecule has 0 aliphatic rings. The number of nitrogens with zero attached hydrogens (tertiary/aromatic N) is 2. The van der Waals surface area contributed by atoms with Crippen molar-refractivity contribution < 1.29 is 9.66 Å². The lowest BCUT2D eigenvalue weighted by molar-refractivity contribution is -0.384. The highest BCUT2D eigenvalue weighted by atomic mass is 35.5. The van der Waals surface area contributed by atoms with Crippen LogP contribution >= 0.6 is 23.2 Å². The molecule has 1 aromatic carbocycles. The van der Waals surface area contributed by atoms with Crippen LogP contribution < -0.4 is 4.74 Å². The van der Waals surface area contributed by atoms with E-state index in [0.29, 0.717) is 16.6 Å². The Hall–Kier alpha value is -1.85. The summed E-state index contributed by atoms with van der Waals surface area (Å²) in [6.07, 6.45) is 0. The highest BCUT2D eigenvalue weighted by molar-refractivity contribution is 6.32. The van der Waals surface area contributed by atoms with Crippen LogP contribution in [0.15, 0.2) is 36.4 Å². The Bertz CT molecular complexity index is 620. The Labute approximate surface area is 118 Å². The molecule has 0 N–H and O–H groups in total. The lowest BCUT2D eigenvalue weighted by Gasteiger charge is -2.06. The third-order valence-electron chi connectivity index (χ3n) is 2.28. The average molecular weight is 299 g/mol. The molecule has 0 unspecified atom stereocenters. The molecule has 1 aromatic heterocycles. The van der Waals surface area contributed by atoms with Crippen LogP contribution in [0.25, 0.3) is 0 Å². The van der Waals surface area contributed by atoms with Gasteiger partial charge >= 0.3 is 0 Å². The zero-order valence-electron chi connectivity index (χ0n) is 9.55. The van der Waals surface area contributed by atoms with Crippen molar-refractivity contribution in [2.75, 3.05) is 0 Å². The van der Waals surface area contributed by atoms with Crippen LogP contribution in [0.5, 0.6) is 5.75 Å². The van der Waals surface area contributed by atoms with E-state index in [4.69, 9.17) is 27.9 Å². The molecule has 0 aliphatic carbocycles. The summed E-state index contributed by atoms with van der Waals surface area (Å²) in [5.41, 5.74) is 0.497. The summed E-state index contributed by atoms with van der Waals surface area (Å²) in [6.45, 7) is 0.203. The smallest absolute Gasteiger partial charge is 0.288 e. The van der Waals surface area contributed by atoms with Gasteiger partial charge in [0, 0.05) is 12.1 Å². The summed E-state index contributed by atoms with van der Waals surface area (Å²) in [5, 5.41) is 11.0. The molecule has 1 heterocycles. The first-order valence-corrected chi connectivity index (χ1v) is 6.00. The molecular weight excluding hydrogens is 291 g/mol. The molecule has 0 fully saturated rings. The van der Waals surface area contributed by atoms with Crippen molar-refractivity contribution in [3.63, 3.8) is 0 Å². The first-order valence-electron chi connectivity index (χ1n) is 5.24. The van der Waals surface area contributed by atoms with Gasteiger partial charge in [-0.25, -0.2) is 4.98 Å². The number of pyridine rings is 1. The molecule has 98 valence electrons. The van der Waals surface area contributed by atoms with Gasteiger partial charge in [0.25, 0.3) is 5.69 Å². The number of aromatic nitrogens is 1. The van der Waals surface area contributed by atoms with Crippen LogP contribution in [0.1, 0.15) is 5.69 Å². The number of benzene rings is 1. The van der Waals surface area contributed by atoms with Gasteiger partial charge in [0.05, 0.1) is 10.6 Å². The molecule has 0 aliphatic heterocycles. The van der Waals surface area contributed by atoms with E-state index in [1.807, 2.05) is 0 Å². The molecule has 2 aromatic rings. The number of halogens is 2. The minimum Gasteiger partial charge on any atom is -0.487 e. The van der Waals surface area contributed by atoms with Crippen molar-refractivity contribution in [1.29, 1.82) is 0 Å². The van der Waals surface area contributed by atoms with Gasteiger partial charge in [-0.15, -0.1) is 0 Å². The highest BCUT2D eigenvalue weighted by Gasteiger charge is 2.12. The maximum Gasteiger partial charge on any atom is 0.288 e. The van der Waals surface area contributed by atoms with Crippen molar-refractivity contribution in [1.82, 2.24) is 4.98 Å². The van der Waals surface area contributed by atoms with Gasteiger partial charge in [-0.05, 0) is 18.2 Å². The fourth-order valence-electron chi connectivity index (χ4n) is 1.41. The van der Waals surface area contributed by atoms with Crippen LogP contribution in [0.2, 0.25) is 10.2 Å². The minimum atomic E-state index is -0.551. The second-order valence-electron chi connectivity index (χ2n) is 3.61. The van der Waals surface area contributed by atoms with Gasteiger partial charge < -0.3 is 4.74 Å². The van der Waals surface area contributed by atoms with Crippen LogP contribution in [0.3, 0.4) is 0 Å². The second kappa shape index (κ2) is 5.86. The summed E-state index contributed by atoms with van der Waals surface area (Å²) in [6, 6.07) is 9.35. The monoisotopic (exact) mass is 298 g/mol. The van der Waals surface area contributed by atoms with E-state index in [0.717, 1.165) is 0 Å². The molecule has 0 bridgehead atoms. The van der Waals surface area contributed by atoms with Gasteiger partial charge in [-0.2, -0.15) is 0 Å². The molecule has 0 amide bonds. The van der Waals surface area contributed by atoms with E-state index in [1.54, 1.807) is 18.2 Å². The first-order chi connectivity index (χ1) is 9.06. The number of rotatable bonds is 4. The first kappa shape index (κ1) is 13.6. The topological polar surface area (TPSA) is 65.3 Å². The molecule has 0 spiro atoms. The summed E-state index contributed by atoms with van der Waals surface area (Å²) in [5.74, 6) is 0.428. The molecule has 5 nitrogen and oxygen atoms in total. The maximum absolute atomic E-state index is 10.6. The number of ether oxygens (including phenoxy) is 1. The summed E-state index contributed by atoms with van der Waals surface area (Å²) < 4.78 is 5.43. The Kier molecular flexibility index (Phi) is 4.19. The van der Waals surface area contributed by atoms with E-state index in [-0.39, 0.29) is 17.3 Å². The largest absolute Gasteiger partial charge is 0.487 e. The van der Waals surface area contributed by atoms with Crippen LogP contribution in [-0.4, -0.2) is 9.91 Å². The van der Waals surface area contributed by atoms with Crippen molar-refractivity contribution in [2.45, 2.75) is 6.61 Å². The molecule has 0 radical (unpaired) electrons. The number of nitro benzene ring substituents is 1. The number of hydrogen-bond donors (Lipinski definition) is 0. The lowest BCUT2D eigenvalue weighted by Crippen LogP contribution is -1.98. The zero-order chi connectivity index (χ0) is 13.8. The quantitative estimate of drug-likeness (QED) is 0.488. The van der Waals surface area contributed by atoms with Crippen LogP contribution in [-0.2, 0) is 6.61 Å². The van der Waals surface area contributed by atoms with Gasteiger partial charge in [0.15, 0.2) is 0 Å². The number of nitro groups is 1. The standard InChI is InChI=1S/C12H8Cl2N2O3/c13-10-6-9(4-5-11(10)16(17)18)19-7-8-2-1-3-12(14)15-8/h1-6H,7H2. The van der Waals surface area contributed by atoms with Gasteiger partial charge in [-0.3, -0.25) is 10.1 Å². The fraction of sp³-hybridized carbons (Fsp3) is 0.0833. The molecule has 0 saturated carbocycles. The Morgan fingerprint density at radius 2 is 2.05 bits per heavy atom. The maximum atomic E-state index is 10.6. The molecule has 19 heavy (non-hydrogen) atoms. The fourth-order valence-corrected chi connectivity index (χ4v) is 1.83. The third kappa shape index (κ3) is 3.56. The normalized spacial score (nSPS) is 10.2. The SMILES string of the molecule is O=[N+]([O-])c1ccc(OCc2cccc(Cl)n2)cc1Cl. The highest BCUT2D eigenvalue weighted by Crippen LogP contribution is 2.28. The Balaban J connectivity index is 2.08. The zero-order valence-corrected chi connectivity index (χ0v) is 11.1. The molecule has 0 saturated heterocycles. The molecule has 0 atom stereocenters. The summed E-state index contributed by atoms with van der Waals surface area (Å²) in [7, 11) is 0. The van der Waals surface area contributed by atoms with Gasteiger partial charge in [0.1, 0.15) is 22.5 Å². The third-order valence-corrected chi connectivity index (χ3v) is 2.79. The van der Waals surface area contributed by atoms with Crippen molar-refractivity contribution in [2.24, 2.45) is 0 Å². The van der Waals surface area contributed by atoms with E-state index >= 15 is 0 Å². The van der Waals surface area contributed by atoms with E-state index in [1.165, 1.54) is 18.2 Å².